The van der Waals surface area contributed by atoms with Gasteiger partial charge in [0.2, 0.25) is 5.91 Å². The van der Waals surface area contributed by atoms with Crippen LogP contribution in [0.5, 0.6) is 0 Å². The molecule has 5 amide bonds. The maximum Gasteiger partial charge on any atom is 0.410 e. The van der Waals surface area contributed by atoms with Crippen LogP contribution in [0.3, 0.4) is 0 Å². The second-order valence-electron chi connectivity index (χ2n) is 20.9. The number of amides is 5. The Morgan fingerprint density at radius 2 is 1.26 bits per heavy atom. The number of carbonyl (C=O) groups is 5. The average Bonchev–Trinajstić information content (AvgIpc) is 4.04. The summed E-state index contributed by atoms with van der Waals surface area (Å²) in [6, 6.07) is 4.03. The summed E-state index contributed by atoms with van der Waals surface area (Å²) in [7, 11) is 0. The Hall–Kier alpha value is -5.32. The summed E-state index contributed by atoms with van der Waals surface area (Å²) >= 11 is 1.64. The van der Waals surface area contributed by atoms with Crippen LogP contribution in [-0.4, -0.2) is 169 Å². The third kappa shape index (κ3) is 15.1. The zero-order chi connectivity index (χ0) is 50.3. The Morgan fingerprint density at radius 1 is 0.725 bits per heavy atom. The van der Waals surface area contributed by atoms with Crippen molar-refractivity contribution in [2.45, 2.75) is 156 Å². The van der Waals surface area contributed by atoms with Crippen LogP contribution >= 0.6 is 11.3 Å². The molecule has 3 fully saturated rings. The summed E-state index contributed by atoms with van der Waals surface area (Å²) in [5.74, 6) is -0.889. The molecular formula is C47H72N10O11S. The quantitative estimate of drug-likeness (QED) is 0.163. The molecule has 6 heterocycles. The van der Waals surface area contributed by atoms with Crippen LogP contribution in [0, 0.1) is 0 Å². The molecule has 3 aliphatic rings. The van der Waals surface area contributed by atoms with Gasteiger partial charge in [-0.3, -0.25) is 14.2 Å². The monoisotopic (exact) mass is 985 g/mol. The second kappa shape index (κ2) is 22.2. The maximum atomic E-state index is 13.9. The van der Waals surface area contributed by atoms with E-state index in [1.807, 2.05) is 17.5 Å². The molecule has 4 atom stereocenters. The van der Waals surface area contributed by atoms with E-state index in [9.17, 15) is 24.0 Å². The van der Waals surface area contributed by atoms with Gasteiger partial charge in [0.05, 0.1) is 12.9 Å². The largest absolute Gasteiger partial charge is 0.444 e. The lowest BCUT2D eigenvalue weighted by atomic mass is 10.1. The summed E-state index contributed by atoms with van der Waals surface area (Å²) in [5, 5.41) is 8.35. The molecule has 0 radical (unpaired) electrons. The van der Waals surface area contributed by atoms with Crippen molar-refractivity contribution in [3.63, 3.8) is 0 Å². The number of ether oxygens (including phenoxy) is 6. The number of aromatic nitrogens is 4. The molecule has 0 spiro atoms. The van der Waals surface area contributed by atoms with Gasteiger partial charge in [-0.2, -0.15) is 0 Å². The van der Waals surface area contributed by atoms with Gasteiger partial charge in [-0.05, 0) is 100 Å². The standard InChI is InChI=1S/C47H72N10O11S/c1-44(2,3)66-41(60)54-21-19-53(20-22-55(42(61)67-45(4,5)6)24-26-56(25-23-54)43(62)68-46(7,8)9)32(58)17-13-12-14-18-48-39(59)35-34-36(65-47(10,11)64-34)40(63-35)57-30-52-33-37(50-29-51-38(33)57)49-28-31-16-15-27-69-31/h15-16,27,29-30,34-36,40H,12-14,17-26,28H2,1-11H3,(H,48,59)(H,49,50,51)/t34-,35-,36+,40+/m0/s1. The van der Waals surface area contributed by atoms with Crippen molar-refractivity contribution < 1.29 is 52.4 Å². The Bertz CT molecular complexity index is 2190. The first-order chi connectivity index (χ1) is 32.4. The highest BCUT2D eigenvalue weighted by Crippen LogP contribution is 2.44. The molecule has 0 aromatic carbocycles. The summed E-state index contributed by atoms with van der Waals surface area (Å²) < 4.78 is 37.8. The van der Waals surface area contributed by atoms with E-state index in [1.54, 1.807) is 103 Å². The molecule has 22 heteroatoms. The van der Waals surface area contributed by atoms with Crippen molar-refractivity contribution in [2.24, 2.45) is 0 Å². The van der Waals surface area contributed by atoms with E-state index in [1.165, 1.54) is 21.0 Å². The predicted octanol–water partition coefficient (Wildman–Crippen LogP) is 6.15. The molecule has 6 rings (SSSR count). The summed E-state index contributed by atoms with van der Waals surface area (Å²) in [6.45, 7) is 21.4. The first kappa shape index (κ1) is 53.0. The molecule has 0 unspecified atom stereocenters. The highest BCUT2D eigenvalue weighted by molar-refractivity contribution is 7.09. The Morgan fingerprint density at radius 3 is 1.78 bits per heavy atom. The molecular weight excluding hydrogens is 913 g/mol. The molecule has 0 aliphatic carbocycles. The first-order valence-electron chi connectivity index (χ1n) is 23.8. The molecule has 382 valence electrons. The van der Waals surface area contributed by atoms with Gasteiger partial charge in [0.15, 0.2) is 35.1 Å². The highest BCUT2D eigenvalue weighted by atomic mass is 32.1. The highest BCUT2D eigenvalue weighted by Gasteiger charge is 2.58. The van der Waals surface area contributed by atoms with Crippen molar-refractivity contribution in [2.75, 3.05) is 64.2 Å². The summed E-state index contributed by atoms with van der Waals surface area (Å²) in [5.41, 5.74) is -1.26. The predicted molar refractivity (Wildman–Crippen MR) is 256 cm³/mol. The SMILES string of the molecule is CC(C)(C)OC(=O)N1CCN(C(=O)CCCCCNC(=O)[C@H]2O[C@@H](n3cnc4c(NCc5cccs5)ncnc43)[C@@H]3OC(C)(C)O[C@H]32)CCN(C(=O)OC(C)(C)C)CCN(C(=O)OC(C)(C)C)CC1. The van der Waals surface area contributed by atoms with E-state index in [-0.39, 0.29) is 70.6 Å². The number of unbranched alkanes of at least 4 members (excludes halogenated alkanes) is 2. The Kier molecular flexibility index (Phi) is 17.1. The number of hydrogen-bond donors (Lipinski definition) is 2. The van der Waals surface area contributed by atoms with E-state index in [0.717, 1.165) is 4.88 Å². The number of imidazole rings is 1. The van der Waals surface area contributed by atoms with Crippen LogP contribution in [0.25, 0.3) is 11.2 Å². The van der Waals surface area contributed by atoms with Gasteiger partial charge >= 0.3 is 18.3 Å². The van der Waals surface area contributed by atoms with Gasteiger partial charge in [-0.15, -0.1) is 11.3 Å². The minimum absolute atomic E-state index is 0.0982. The number of fused-ring (bicyclic) bond motifs is 2. The zero-order valence-corrected chi connectivity index (χ0v) is 42.9. The molecule has 3 aliphatic heterocycles. The molecule has 0 saturated carbocycles. The Balaban J connectivity index is 1.05. The van der Waals surface area contributed by atoms with E-state index in [2.05, 4.69) is 25.6 Å². The van der Waals surface area contributed by atoms with Crippen molar-refractivity contribution in [1.82, 2.24) is 44.4 Å². The smallest absolute Gasteiger partial charge is 0.410 e. The summed E-state index contributed by atoms with van der Waals surface area (Å²) in [6.07, 6.45) is 0.234. The van der Waals surface area contributed by atoms with Crippen LogP contribution < -0.4 is 10.6 Å². The minimum atomic E-state index is -0.978. The topological polar surface area (TPSA) is 221 Å². The van der Waals surface area contributed by atoms with Gasteiger partial charge in [-0.1, -0.05) is 12.5 Å². The van der Waals surface area contributed by atoms with Crippen molar-refractivity contribution in [1.29, 1.82) is 0 Å². The van der Waals surface area contributed by atoms with Crippen LogP contribution in [0.15, 0.2) is 30.2 Å². The number of carbonyl (C=O) groups excluding carboxylic acids is 5. The van der Waals surface area contributed by atoms with Crippen LogP contribution in [-0.2, 0) is 44.6 Å². The number of hydrogen-bond acceptors (Lipinski definition) is 16. The normalized spacial score (nSPS) is 21.6. The Labute approximate surface area is 408 Å². The molecule has 21 nitrogen and oxygen atoms in total. The zero-order valence-electron chi connectivity index (χ0n) is 42.1. The van der Waals surface area contributed by atoms with Crippen LogP contribution in [0.2, 0.25) is 0 Å². The molecule has 3 saturated heterocycles. The summed E-state index contributed by atoms with van der Waals surface area (Å²) in [4.78, 5) is 88.8. The fraction of sp³-hybridized carbons (Fsp3) is 0.702. The van der Waals surface area contributed by atoms with Gasteiger partial charge in [0, 0.05) is 70.2 Å². The van der Waals surface area contributed by atoms with E-state index in [4.69, 9.17) is 28.4 Å². The van der Waals surface area contributed by atoms with Gasteiger partial charge in [0.1, 0.15) is 35.3 Å². The first-order valence-corrected chi connectivity index (χ1v) is 24.7. The van der Waals surface area contributed by atoms with E-state index >= 15 is 0 Å². The number of rotatable bonds is 11. The molecule has 69 heavy (non-hydrogen) atoms. The molecule has 3 aromatic heterocycles. The molecule has 2 N–H and O–H groups in total. The number of nitrogens with one attached hydrogen (secondary N) is 2. The van der Waals surface area contributed by atoms with Crippen molar-refractivity contribution in [3.8, 4) is 0 Å². The van der Waals surface area contributed by atoms with E-state index < -0.39 is 65.4 Å². The second-order valence-corrected chi connectivity index (χ2v) is 21.9. The molecule has 0 bridgehead atoms. The number of anilines is 1. The van der Waals surface area contributed by atoms with Gasteiger partial charge in [-0.25, -0.2) is 29.3 Å². The fourth-order valence-corrected chi connectivity index (χ4v) is 8.65. The lowest BCUT2D eigenvalue weighted by Gasteiger charge is -2.36. The third-order valence-corrected chi connectivity index (χ3v) is 12.0. The third-order valence-electron chi connectivity index (χ3n) is 11.2. The van der Waals surface area contributed by atoms with Gasteiger partial charge in [0.25, 0.3) is 5.91 Å². The lowest BCUT2D eigenvalue weighted by molar-refractivity contribution is -0.197. The van der Waals surface area contributed by atoms with Crippen LogP contribution in [0.1, 0.15) is 113 Å². The average molecular weight is 985 g/mol. The van der Waals surface area contributed by atoms with Crippen molar-refractivity contribution in [3.05, 3.63) is 35.0 Å². The van der Waals surface area contributed by atoms with E-state index in [0.29, 0.717) is 49.3 Å². The number of thiophene rings is 1. The number of nitrogens with zero attached hydrogens (tertiary/aromatic N) is 8. The van der Waals surface area contributed by atoms with Crippen LogP contribution in [0.4, 0.5) is 20.2 Å². The lowest BCUT2D eigenvalue weighted by Crippen LogP contribution is -2.52. The minimum Gasteiger partial charge on any atom is -0.444 e. The fourth-order valence-electron chi connectivity index (χ4n) is 8.00. The maximum absolute atomic E-state index is 13.9. The van der Waals surface area contributed by atoms with Crippen molar-refractivity contribution >= 4 is 58.4 Å². The van der Waals surface area contributed by atoms with Gasteiger partial charge < -0.3 is 58.7 Å². The molecule has 3 aromatic rings.